The molecule has 158 valence electrons. The Bertz CT molecular complexity index is 1230. The fraction of sp³-hybridized carbons (Fsp3) is 0.304. The van der Waals surface area contributed by atoms with Gasteiger partial charge in [-0.15, -0.1) is 0 Å². The lowest BCUT2D eigenvalue weighted by Gasteiger charge is -2.35. The van der Waals surface area contributed by atoms with E-state index in [4.69, 9.17) is 9.84 Å². The number of nitrogens with zero attached hydrogens (tertiary/aromatic N) is 5. The van der Waals surface area contributed by atoms with E-state index in [2.05, 4.69) is 34.0 Å². The molecule has 4 aromatic rings. The molecule has 1 aliphatic heterocycles. The number of carbonyl (C=O) groups is 1. The minimum absolute atomic E-state index is 0.118. The molecule has 1 aromatic carbocycles. The summed E-state index contributed by atoms with van der Waals surface area (Å²) >= 11 is 0. The summed E-state index contributed by atoms with van der Waals surface area (Å²) in [6.45, 7) is 6.19. The van der Waals surface area contributed by atoms with Crippen molar-refractivity contribution in [1.82, 2.24) is 29.6 Å². The number of nitrogens with one attached hydrogen (secondary N) is 1. The van der Waals surface area contributed by atoms with Crippen LogP contribution in [-0.2, 0) is 11.3 Å². The van der Waals surface area contributed by atoms with Crippen LogP contribution in [0.25, 0.3) is 11.2 Å². The average molecular weight is 416 g/mol. The maximum absolute atomic E-state index is 13.4. The number of benzene rings is 1. The first-order valence-corrected chi connectivity index (χ1v) is 10.4. The normalized spacial score (nSPS) is 16.7. The molecule has 0 radical (unpaired) electrons. The van der Waals surface area contributed by atoms with Crippen molar-refractivity contribution >= 4 is 17.1 Å². The Labute approximate surface area is 179 Å². The number of aromatic amines is 1. The summed E-state index contributed by atoms with van der Waals surface area (Å²) in [6, 6.07) is 13.6. The number of hydrogen-bond donors (Lipinski definition) is 1. The third-order valence-corrected chi connectivity index (χ3v) is 5.84. The number of aromatic nitrogens is 5. The van der Waals surface area contributed by atoms with Gasteiger partial charge in [-0.1, -0.05) is 30.3 Å². The first-order chi connectivity index (χ1) is 15.1. The highest BCUT2D eigenvalue weighted by atomic mass is 16.5. The van der Waals surface area contributed by atoms with E-state index in [0.29, 0.717) is 37.6 Å². The largest absolute Gasteiger partial charge is 0.377 e. The average Bonchev–Trinajstić information content (AvgIpc) is 3.37. The highest BCUT2D eigenvalue weighted by molar-refractivity contribution is 5.94. The predicted octanol–water partition coefficient (Wildman–Crippen LogP) is 3.03. The van der Waals surface area contributed by atoms with Crippen LogP contribution in [0.1, 0.15) is 39.0 Å². The molecule has 3 aromatic heterocycles. The van der Waals surface area contributed by atoms with Crippen molar-refractivity contribution in [3.63, 3.8) is 0 Å². The minimum Gasteiger partial charge on any atom is -0.377 e. The molecule has 8 heteroatoms. The van der Waals surface area contributed by atoms with Gasteiger partial charge in [0.15, 0.2) is 5.65 Å². The molecule has 0 spiro atoms. The van der Waals surface area contributed by atoms with E-state index in [1.165, 1.54) is 5.56 Å². The number of amides is 1. The molecule has 8 nitrogen and oxygen atoms in total. The molecule has 31 heavy (non-hydrogen) atoms. The van der Waals surface area contributed by atoms with Crippen LogP contribution in [0.15, 0.2) is 48.8 Å². The van der Waals surface area contributed by atoms with Crippen LogP contribution in [0.4, 0.5) is 0 Å². The van der Waals surface area contributed by atoms with E-state index in [0.717, 1.165) is 22.5 Å². The molecule has 1 unspecified atom stereocenters. The van der Waals surface area contributed by atoms with Crippen LogP contribution in [-0.4, -0.2) is 55.3 Å². The molecule has 0 bridgehead atoms. The number of rotatable bonds is 4. The van der Waals surface area contributed by atoms with E-state index in [9.17, 15) is 4.79 Å². The Morgan fingerprint density at radius 3 is 2.87 bits per heavy atom. The van der Waals surface area contributed by atoms with Crippen molar-refractivity contribution in [1.29, 1.82) is 0 Å². The molecule has 5 rings (SSSR count). The summed E-state index contributed by atoms with van der Waals surface area (Å²) in [7, 11) is 0. The summed E-state index contributed by atoms with van der Waals surface area (Å²) in [5.74, 6) is -0.118. The molecule has 4 heterocycles. The van der Waals surface area contributed by atoms with Crippen LogP contribution in [0.2, 0.25) is 0 Å². The number of ether oxygens (including phenoxy) is 1. The van der Waals surface area contributed by atoms with Gasteiger partial charge in [-0.05, 0) is 31.5 Å². The quantitative estimate of drug-likeness (QED) is 0.552. The van der Waals surface area contributed by atoms with Gasteiger partial charge in [0.05, 0.1) is 43.3 Å². The standard InChI is InChI=1S/C23H24N6O2/c1-15-21(16(2)29(27-15)12-17-6-4-3-5-7-17)20-13-31-11-10-28(20)23(30)19-9-8-18-22(26-19)25-14-24-18/h3-9,14,20H,10-13H2,1-2H3,(H,24,25,26). The highest BCUT2D eigenvalue weighted by Gasteiger charge is 2.33. The number of pyridine rings is 1. The number of hydrogen-bond acceptors (Lipinski definition) is 5. The molecule has 0 aliphatic carbocycles. The Hall–Kier alpha value is -3.52. The second kappa shape index (κ2) is 7.96. The fourth-order valence-corrected chi connectivity index (χ4v) is 4.28. The van der Waals surface area contributed by atoms with Gasteiger partial charge in [0.2, 0.25) is 0 Å². The SMILES string of the molecule is Cc1nn(Cc2ccccc2)c(C)c1C1COCCN1C(=O)c1ccc2[nH]cnc2n1. The number of carbonyl (C=O) groups excluding carboxylic acids is 1. The monoisotopic (exact) mass is 416 g/mol. The summed E-state index contributed by atoms with van der Waals surface area (Å²) < 4.78 is 7.78. The van der Waals surface area contributed by atoms with Crippen LogP contribution in [0, 0.1) is 13.8 Å². The number of aryl methyl sites for hydroxylation is 1. The first-order valence-electron chi connectivity index (χ1n) is 10.4. The molecule has 1 atom stereocenters. The smallest absolute Gasteiger partial charge is 0.273 e. The lowest BCUT2D eigenvalue weighted by Crippen LogP contribution is -2.44. The fourth-order valence-electron chi connectivity index (χ4n) is 4.28. The van der Waals surface area contributed by atoms with Crippen LogP contribution >= 0.6 is 0 Å². The van der Waals surface area contributed by atoms with Gasteiger partial charge < -0.3 is 14.6 Å². The van der Waals surface area contributed by atoms with Gasteiger partial charge in [-0.2, -0.15) is 5.10 Å². The Kier molecular flexibility index (Phi) is 4.99. The van der Waals surface area contributed by atoms with Crippen LogP contribution < -0.4 is 0 Å². The number of morpholine rings is 1. The Balaban J connectivity index is 1.47. The Morgan fingerprint density at radius 2 is 2.03 bits per heavy atom. The summed E-state index contributed by atoms with van der Waals surface area (Å²) in [4.78, 5) is 26.9. The minimum atomic E-state index is -0.206. The van der Waals surface area contributed by atoms with Crippen molar-refractivity contribution in [2.75, 3.05) is 19.8 Å². The summed E-state index contributed by atoms with van der Waals surface area (Å²) in [5, 5.41) is 4.77. The molecular weight excluding hydrogens is 392 g/mol. The van der Waals surface area contributed by atoms with E-state index >= 15 is 0 Å². The topological polar surface area (TPSA) is 88.9 Å². The van der Waals surface area contributed by atoms with Gasteiger partial charge in [0.1, 0.15) is 5.69 Å². The molecule has 1 fully saturated rings. The summed E-state index contributed by atoms with van der Waals surface area (Å²) in [5.41, 5.74) is 5.93. The molecule has 0 saturated carbocycles. The first kappa shape index (κ1) is 19.4. The zero-order valence-corrected chi connectivity index (χ0v) is 17.6. The molecule has 1 amide bonds. The summed E-state index contributed by atoms with van der Waals surface area (Å²) in [6.07, 6.45) is 1.58. The van der Waals surface area contributed by atoms with E-state index < -0.39 is 0 Å². The molecular formula is C23H24N6O2. The van der Waals surface area contributed by atoms with E-state index in [1.54, 1.807) is 12.4 Å². The van der Waals surface area contributed by atoms with E-state index in [-0.39, 0.29) is 11.9 Å². The van der Waals surface area contributed by atoms with Gasteiger partial charge >= 0.3 is 0 Å². The van der Waals surface area contributed by atoms with Crippen molar-refractivity contribution in [2.45, 2.75) is 26.4 Å². The number of fused-ring (bicyclic) bond motifs is 1. The maximum atomic E-state index is 13.4. The lowest BCUT2D eigenvalue weighted by atomic mass is 10.0. The third kappa shape index (κ3) is 3.59. The molecule has 1 saturated heterocycles. The van der Waals surface area contributed by atoms with Gasteiger partial charge in [0, 0.05) is 17.8 Å². The molecule has 1 aliphatic rings. The highest BCUT2D eigenvalue weighted by Crippen LogP contribution is 2.31. The van der Waals surface area contributed by atoms with Crippen molar-refractivity contribution in [2.24, 2.45) is 0 Å². The second-order valence-electron chi connectivity index (χ2n) is 7.79. The third-order valence-electron chi connectivity index (χ3n) is 5.84. The van der Waals surface area contributed by atoms with Crippen LogP contribution in [0.3, 0.4) is 0 Å². The van der Waals surface area contributed by atoms with Crippen molar-refractivity contribution in [3.05, 3.63) is 77.0 Å². The number of H-pyrrole nitrogens is 1. The molecule has 1 N–H and O–H groups in total. The zero-order chi connectivity index (χ0) is 21.4. The Morgan fingerprint density at radius 1 is 1.19 bits per heavy atom. The predicted molar refractivity (Wildman–Crippen MR) is 116 cm³/mol. The number of imidazole rings is 1. The maximum Gasteiger partial charge on any atom is 0.273 e. The van der Waals surface area contributed by atoms with Gasteiger partial charge in [0.25, 0.3) is 5.91 Å². The van der Waals surface area contributed by atoms with Crippen LogP contribution in [0.5, 0.6) is 0 Å². The second-order valence-corrected chi connectivity index (χ2v) is 7.79. The van der Waals surface area contributed by atoms with Crippen molar-refractivity contribution in [3.8, 4) is 0 Å². The lowest BCUT2D eigenvalue weighted by molar-refractivity contribution is -0.00334. The van der Waals surface area contributed by atoms with Gasteiger partial charge in [-0.3, -0.25) is 9.48 Å². The van der Waals surface area contributed by atoms with E-state index in [1.807, 2.05) is 40.8 Å². The zero-order valence-electron chi connectivity index (χ0n) is 17.6. The van der Waals surface area contributed by atoms with Gasteiger partial charge in [-0.25, -0.2) is 9.97 Å². The van der Waals surface area contributed by atoms with Crippen molar-refractivity contribution < 1.29 is 9.53 Å².